The van der Waals surface area contributed by atoms with Crippen molar-refractivity contribution >= 4 is 130 Å². The fourth-order valence-corrected chi connectivity index (χ4v) is 11.8. The van der Waals surface area contributed by atoms with Crippen molar-refractivity contribution in [2.24, 2.45) is 4.99 Å². The Morgan fingerprint density at radius 1 is 0.532 bits per heavy atom. The number of benzene rings is 6. The molecule has 0 atom stereocenters. The summed E-state index contributed by atoms with van der Waals surface area (Å²) in [5.74, 6) is 5.35. The van der Waals surface area contributed by atoms with E-state index in [1.54, 1.807) is 84.4 Å². The van der Waals surface area contributed by atoms with Gasteiger partial charge in [0.1, 0.15) is 46.3 Å². The number of nitrogen functional groups attached to an aromatic ring is 2. The number of carbonyl (C=O) groups excluding carboxylic acids is 3. The van der Waals surface area contributed by atoms with Crippen LogP contribution in [0.4, 0.5) is 32.9 Å². The fraction of sp³-hybridized carbons (Fsp3) is 0.247. The molecule has 111 heavy (non-hydrogen) atoms. The van der Waals surface area contributed by atoms with Crippen LogP contribution in [-0.2, 0) is 38.7 Å². The Balaban J connectivity index is 0.000000242. The Bertz CT molecular complexity index is 4700. The smallest absolute Gasteiger partial charge is 0.496 e. The van der Waals surface area contributed by atoms with Gasteiger partial charge in [-0.3, -0.25) is 10.6 Å². The number of nitrogens with two attached hydrogens (primary N) is 2. The lowest BCUT2D eigenvalue weighted by Crippen LogP contribution is -2.41. The first-order valence-corrected chi connectivity index (χ1v) is 38.1. The molecule has 1 aliphatic heterocycles. The van der Waals surface area contributed by atoms with Gasteiger partial charge in [0.25, 0.3) is 0 Å². The number of methoxy groups -OCH3 is 4. The second-order valence-electron chi connectivity index (χ2n) is 24.7. The molecule has 0 aliphatic carbocycles. The zero-order valence-corrected chi connectivity index (χ0v) is 69.8. The molecular weight excluding hydrogens is 1670 g/mol. The summed E-state index contributed by atoms with van der Waals surface area (Å²) in [5, 5.41) is 46.4. The summed E-state index contributed by atoms with van der Waals surface area (Å²) in [6, 6.07) is 56.1. The first kappa shape index (κ1) is 91.1. The molecule has 24 nitrogen and oxygen atoms in total. The van der Waals surface area contributed by atoms with E-state index < -0.39 is 7.12 Å². The maximum atomic E-state index is 11.6. The number of pyridine rings is 4. The lowest BCUT2D eigenvalue weighted by atomic mass is 9.80. The summed E-state index contributed by atoms with van der Waals surface area (Å²) in [6.07, 6.45) is 10.7. The Labute approximate surface area is 683 Å². The topological polar surface area (TPSA) is 359 Å². The van der Waals surface area contributed by atoms with Gasteiger partial charge in [0.05, 0.1) is 76.3 Å². The number of nitriles is 2. The molecule has 0 saturated carbocycles. The molecular formula is C81H89B2Br4N13O11. The highest BCUT2D eigenvalue weighted by Crippen LogP contribution is 2.37. The summed E-state index contributed by atoms with van der Waals surface area (Å²) < 4.78 is 35.7. The van der Waals surface area contributed by atoms with Gasteiger partial charge in [-0.2, -0.15) is 10.5 Å². The normalized spacial score (nSPS) is 11.5. The molecule has 30 heteroatoms. The fourth-order valence-electron chi connectivity index (χ4n) is 9.71. The number of nitrogens with zero attached hydrogens (tertiary/aromatic N) is 7. The summed E-state index contributed by atoms with van der Waals surface area (Å²) in [6.45, 7) is 15.3. The van der Waals surface area contributed by atoms with E-state index in [1.165, 1.54) is 41.5 Å². The number of anilines is 4. The number of urea groups is 2. The van der Waals surface area contributed by atoms with Gasteiger partial charge >= 0.3 is 26.3 Å². The number of alkyl halides is 1. The van der Waals surface area contributed by atoms with Crippen LogP contribution in [0, 0.1) is 22.7 Å². The number of carbonyl (C=O) groups is 2. The molecule has 1 saturated heterocycles. The highest BCUT2D eigenvalue weighted by molar-refractivity contribution is 9.11. The van der Waals surface area contributed by atoms with E-state index in [9.17, 15) is 14.9 Å². The van der Waals surface area contributed by atoms with E-state index in [0.29, 0.717) is 65.9 Å². The number of nitrogens with one attached hydrogen (secondary N) is 4. The molecule has 0 spiro atoms. The maximum absolute atomic E-state index is 11.6. The van der Waals surface area contributed by atoms with Crippen molar-refractivity contribution in [1.82, 2.24) is 30.6 Å². The van der Waals surface area contributed by atoms with Crippen molar-refractivity contribution in [3.05, 3.63) is 258 Å². The van der Waals surface area contributed by atoms with Crippen LogP contribution in [0.1, 0.15) is 98.5 Å². The number of ether oxygens (including phenoxy) is 4. The molecule has 10 aromatic rings. The Morgan fingerprint density at radius 2 is 0.946 bits per heavy atom. The van der Waals surface area contributed by atoms with E-state index >= 15 is 0 Å². The van der Waals surface area contributed by atoms with Crippen molar-refractivity contribution in [1.29, 1.82) is 10.5 Å². The molecule has 5 heterocycles. The van der Waals surface area contributed by atoms with Crippen molar-refractivity contribution in [3.63, 3.8) is 0 Å². The molecule has 0 unspecified atom stereocenters. The highest BCUT2D eigenvalue weighted by Gasteiger charge is 2.51. The first-order chi connectivity index (χ1) is 53.2. The Morgan fingerprint density at radius 3 is 1.31 bits per heavy atom. The summed E-state index contributed by atoms with van der Waals surface area (Å²) in [5.41, 5.74) is 22.6. The van der Waals surface area contributed by atoms with Gasteiger partial charge < -0.3 is 60.4 Å². The van der Waals surface area contributed by atoms with Crippen LogP contribution in [0.15, 0.2) is 213 Å². The molecule has 11 rings (SSSR count). The number of hydrogen-bond donors (Lipinski definition) is 8. The highest BCUT2D eigenvalue weighted by atomic mass is 79.9. The Kier molecular flexibility index (Phi) is 39.0. The van der Waals surface area contributed by atoms with Crippen LogP contribution in [0.5, 0.6) is 23.0 Å². The third-order valence-electron chi connectivity index (χ3n) is 16.1. The summed E-state index contributed by atoms with van der Waals surface area (Å²) in [4.78, 5) is 51.9. The van der Waals surface area contributed by atoms with Gasteiger partial charge in [-0.15, -0.1) is 0 Å². The number of hydrogen-bond acceptors (Lipinski definition) is 20. The molecule has 4 aromatic heterocycles. The van der Waals surface area contributed by atoms with Gasteiger partial charge in [-0.1, -0.05) is 88.7 Å². The van der Waals surface area contributed by atoms with Crippen LogP contribution in [0.3, 0.4) is 0 Å². The number of isocyanates is 1. The zero-order chi connectivity index (χ0) is 81.5. The average molecular weight is 1760 g/mol. The van der Waals surface area contributed by atoms with Crippen molar-refractivity contribution in [3.8, 4) is 46.3 Å². The van der Waals surface area contributed by atoms with E-state index in [4.69, 9.17) is 59.8 Å². The summed E-state index contributed by atoms with van der Waals surface area (Å²) >= 11 is 13.7. The number of rotatable bonds is 19. The molecule has 4 amide bonds. The number of aromatic nitrogens is 4. The van der Waals surface area contributed by atoms with Crippen molar-refractivity contribution in [2.45, 2.75) is 84.3 Å². The molecule has 1 fully saturated rings. The monoisotopic (exact) mass is 1760 g/mol. The lowest BCUT2D eigenvalue weighted by Gasteiger charge is -2.32. The van der Waals surface area contributed by atoms with E-state index in [1.807, 2.05) is 157 Å². The largest absolute Gasteiger partial charge is 0.496 e. The van der Waals surface area contributed by atoms with Crippen LogP contribution >= 0.6 is 63.7 Å². The van der Waals surface area contributed by atoms with Crippen LogP contribution in [-0.4, -0.2) is 122 Å². The number of aliphatic imine (C=N–C) groups is 1. The van der Waals surface area contributed by atoms with Crippen molar-refractivity contribution < 1.29 is 52.7 Å². The lowest BCUT2D eigenvalue weighted by molar-refractivity contribution is 0.00578. The van der Waals surface area contributed by atoms with Gasteiger partial charge in [-0.25, -0.2) is 39.3 Å². The van der Waals surface area contributed by atoms with Crippen molar-refractivity contribution in [2.75, 3.05) is 70.2 Å². The van der Waals surface area contributed by atoms with Crippen LogP contribution in [0.25, 0.3) is 11.1 Å². The predicted octanol–water partition coefficient (Wildman–Crippen LogP) is 14.9. The van der Waals surface area contributed by atoms with Gasteiger partial charge in [-0.05, 0) is 263 Å². The molecule has 0 bridgehead atoms. The first-order valence-electron chi connectivity index (χ1n) is 34.6. The molecule has 1 aliphatic rings. The van der Waals surface area contributed by atoms with Crippen LogP contribution in [0.2, 0.25) is 0 Å². The maximum Gasteiger partial charge on any atom is 0.496 e. The number of halogens is 4. The van der Waals surface area contributed by atoms with E-state index in [2.05, 4.69) is 128 Å². The third kappa shape index (κ3) is 31.1. The molecule has 10 N–H and O–H groups in total. The van der Waals surface area contributed by atoms with E-state index in [-0.39, 0.29) is 30.4 Å². The number of amides is 4. The van der Waals surface area contributed by atoms with Gasteiger partial charge in [0, 0.05) is 60.8 Å². The minimum Gasteiger partial charge on any atom is -0.496 e. The standard InChI is InChI=1S/C23H22N4O2.C16H18BrN3O2.C13H13BrN2O.C11H17BN2O2.C8H8Br2O.C7H6BNO2.C3H5NO/c1-3-25-23(28)27-22-10-8-18(15-26-22)11-16-7-9-21(29-2)20(13-16)19-6-4-5-17(12-19)14-24;1-3-18-16(21)20-15-7-5-12(10-19-15)8-11-4-6-14(22-2)13(17)9-11;1-17-12-4-2-9(7-11(12)14)6-10-3-5-13(15)16-8-10;1-10(2)11(3,4)16-12(15-10)8-5-6-9(13)14-7-8;1-11-8-3-2-6(5-9)4-7(8)10;9-5-6-1-3-7(4-2-6)8(10)11;1-2-4-3-5/h4-10,12-13,15H,3,11H2,1-2H3,(H2,25,26,27,28);4-7,9-10H,3,8H2,1-2H3,(H2,18,19,20,21);2-5,7-8H,6H2,1H3,(H2,15,16);5-7H,1-4H3,(H2,13,14);2-4H,5H2,1H3;1-4,10-11H;2H2,1H3. The quantitative estimate of drug-likeness (QED) is 0.0161. The zero-order valence-electron chi connectivity index (χ0n) is 63.4. The molecule has 578 valence electrons. The Hall–Kier alpha value is -10.5. The SMILES string of the molecule is CC1(C)OB(c2ccc(N)nc2)OC1(C)C.CCN=C=O.CCNC(=O)Nc1ccc(Cc2ccc(OC)c(-c3cccc(C#N)c3)c2)cn1.CCNC(=O)Nc1ccc(Cc2ccc(OC)c(Br)c2)cn1.COc1ccc(CBr)cc1Br.COc1ccc(Cc2ccc(N)nc2)cc1Br.N#Cc1ccc(B(O)O)cc1. The molecule has 0 radical (unpaired) electrons. The predicted molar refractivity (Wildman–Crippen MR) is 453 cm³/mol. The van der Waals surface area contributed by atoms with Crippen LogP contribution < -0.4 is 62.6 Å². The average Bonchev–Trinajstić information content (AvgIpc) is 1.63. The van der Waals surface area contributed by atoms with Gasteiger partial charge in [0.15, 0.2) is 0 Å². The van der Waals surface area contributed by atoms with E-state index in [0.717, 1.165) is 99.0 Å². The molecule has 6 aromatic carbocycles. The minimum atomic E-state index is -1.46. The third-order valence-corrected chi connectivity index (χ3v) is 18.7. The second-order valence-corrected chi connectivity index (χ2v) is 27.9. The van der Waals surface area contributed by atoms with Gasteiger partial charge in [0.2, 0.25) is 6.08 Å². The summed E-state index contributed by atoms with van der Waals surface area (Å²) in [7, 11) is 4.78. The minimum absolute atomic E-state index is 0.248. The second kappa shape index (κ2) is 47.5.